The van der Waals surface area contributed by atoms with Gasteiger partial charge in [-0.25, -0.2) is 4.39 Å². The molecule has 0 saturated heterocycles. The summed E-state index contributed by atoms with van der Waals surface area (Å²) in [7, 11) is 0. The molecule has 1 aliphatic carbocycles. The minimum absolute atomic E-state index is 0.427. The highest BCUT2D eigenvalue weighted by Crippen LogP contribution is 2.49. The van der Waals surface area contributed by atoms with E-state index in [-0.39, 0.29) is 0 Å². The van der Waals surface area contributed by atoms with Crippen LogP contribution in [-0.4, -0.2) is 5.67 Å². The number of benzene rings is 1. The van der Waals surface area contributed by atoms with Crippen molar-refractivity contribution in [2.45, 2.75) is 104 Å². The van der Waals surface area contributed by atoms with Crippen LogP contribution < -0.4 is 0 Å². The molecule has 1 aromatic rings. The van der Waals surface area contributed by atoms with E-state index in [1.54, 1.807) is 13.8 Å². The Hall–Kier alpha value is -0.850. The van der Waals surface area contributed by atoms with E-state index >= 15 is 0 Å². The van der Waals surface area contributed by atoms with Gasteiger partial charge >= 0.3 is 0 Å². The molecular formula is C24H39F. The van der Waals surface area contributed by atoms with Gasteiger partial charge in [0.15, 0.2) is 0 Å². The first kappa shape index (κ1) is 20.5. The molecule has 1 aromatic carbocycles. The zero-order chi connectivity index (χ0) is 18.7. The van der Waals surface area contributed by atoms with Crippen LogP contribution in [0.25, 0.3) is 0 Å². The molecule has 0 radical (unpaired) electrons. The first-order chi connectivity index (χ1) is 11.6. The van der Waals surface area contributed by atoms with Crippen molar-refractivity contribution in [3.05, 3.63) is 34.9 Å². The molecule has 1 unspecified atom stereocenters. The predicted molar refractivity (Wildman–Crippen MR) is 108 cm³/mol. The average molecular weight is 347 g/mol. The summed E-state index contributed by atoms with van der Waals surface area (Å²) >= 11 is 0. The maximum Gasteiger partial charge on any atom is 0.105 e. The van der Waals surface area contributed by atoms with Crippen molar-refractivity contribution in [2.75, 3.05) is 0 Å². The second-order valence-corrected chi connectivity index (χ2v) is 9.49. The van der Waals surface area contributed by atoms with E-state index < -0.39 is 5.67 Å². The molecule has 2 rings (SSSR count). The van der Waals surface area contributed by atoms with Crippen LogP contribution in [0.3, 0.4) is 0 Å². The predicted octanol–water partition coefficient (Wildman–Crippen LogP) is 7.78. The molecule has 0 aliphatic heterocycles. The highest BCUT2D eigenvalue weighted by atomic mass is 19.1. The fourth-order valence-electron chi connectivity index (χ4n) is 4.58. The summed E-state index contributed by atoms with van der Waals surface area (Å²) in [5.74, 6) is 1.54. The van der Waals surface area contributed by atoms with Crippen molar-refractivity contribution in [1.82, 2.24) is 0 Å². The average Bonchev–Trinajstić information content (AvgIpc) is 2.55. The lowest BCUT2D eigenvalue weighted by Gasteiger charge is -2.42. The molecule has 0 spiro atoms. The highest BCUT2D eigenvalue weighted by molar-refractivity contribution is 5.35. The number of aryl methyl sites for hydroxylation is 2. The van der Waals surface area contributed by atoms with Gasteiger partial charge in [-0.3, -0.25) is 0 Å². The summed E-state index contributed by atoms with van der Waals surface area (Å²) in [5.41, 5.74) is 3.69. The van der Waals surface area contributed by atoms with Crippen molar-refractivity contribution in [3.8, 4) is 0 Å². The Bertz CT molecular complexity index is 544. The third-order valence-electron chi connectivity index (χ3n) is 6.92. The van der Waals surface area contributed by atoms with Crippen molar-refractivity contribution < 1.29 is 4.39 Å². The van der Waals surface area contributed by atoms with Gasteiger partial charge in [0.25, 0.3) is 0 Å². The summed E-state index contributed by atoms with van der Waals surface area (Å²) in [4.78, 5) is 0. The van der Waals surface area contributed by atoms with Crippen molar-refractivity contribution in [3.63, 3.8) is 0 Å². The summed E-state index contributed by atoms with van der Waals surface area (Å²) in [6, 6.07) is 6.94. The molecule has 1 heteroatoms. The maximum atomic E-state index is 13.7. The van der Waals surface area contributed by atoms with Gasteiger partial charge < -0.3 is 0 Å². The minimum atomic E-state index is -1.05. The molecule has 1 fully saturated rings. The molecule has 0 N–H and O–H groups in total. The first-order valence-electron chi connectivity index (χ1n) is 10.4. The lowest BCUT2D eigenvalue weighted by atomic mass is 9.63. The fourth-order valence-corrected chi connectivity index (χ4v) is 4.58. The summed E-state index contributed by atoms with van der Waals surface area (Å²) < 4.78 is 13.7. The highest BCUT2D eigenvalue weighted by Gasteiger charge is 2.36. The Morgan fingerprint density at radius 3 is 2.44 bits per heavy atom. The van der Waals surface area contributed by atoms with Crippen LogP contribution in [-0.2, 0) is 6.42 Å². The number of hydrogen-bond donors (Lipinski definition) is 0. The largest absolute Gasteiger partial charge is 0.245 e. The summed E-state index contributed by atoms with van der Waals surface area (Å²) in [6.07, 6.45) is 9.38. The van der Waals surface area contributed by atoms with Gasteiger partial charge in [-0.1, -0.05) is 45.4 Å². The number of rotatable bonds is 7. The summed E-state index contributed by atoms with van der Waals surface area (Å²) in [6.45, 7) is 12.9. The second-order valence-electron chi connectivity index (χ2n) is 9.49. The number of halogens is 1. The van der Waals surface area contributed by atoms with Gasteiger partial charge in [0.1, 0.15) is 5.67 Å². The standard InChI is InChI=1S/C24H39F/c1-7-20-12-15-24(6,16-13-20)19(3)22-17-21(11-10-18(22)2)9-8-14-23(4,5)25/h10-11,17,19-20H,7-9,12-16H2,1-6H3. The van der Waals surface area contributed by atoms with Gasteiger partial charge in [-0.15, -0.1) is 0 Å². The van der Waals surface area contributed by atoms with E-state index in [4.69, 9.17) is 0 Å². The van der Waals surface area contributed by atoms with Crippen molar-refractivity contribution in [1.29, 1.82) is 0 Å². The smallest absolute Gasteiger partial charge is 0.105 e. The molecule has 1 saturated carbocycles. The van der Waals surface area contributed by atoms with Crippen LogP contribution in [0.2, 0.25) is 0 Å². The molecule has 0 aromatic heterocycles. The topological polar surface area (TPSA) is 0 Å². The Morgan fingerprint density at radius 1 is 1.24 bits per heavy atom. The quantitative estimate of drug-likeness (QED) is 0.473. The molecular weight excluding hydrogens is 307 g/mol. The number of alkyl halides is 1. The van der Waals surface area contributed by atoms with Crippen molar-refractivity contribution in [2.24, 2.45) is 11.3 Å². The Morgan fingerprint density at radius 2 is 1.88 bits per heavy atom. The van der Waals surface area contributed by atoms with E-state index in [2.05, 4.69) is 45.9 Å². The SMILES string of the molecule is CCC1CCC(C)(C(C)c2cc(CCCC(C)(C)F)ccc2C)CC1. The zero-order valence-electron chi connectivity index (χ0n) is 17.4. The lowest BCUT2D eigenvalue weighted by molar-refractivity contribution is 0.137. The third-order valence-corrected chi connectivity index (χ3v) is 6.92. The van der Waals surface area contributed by atoms with E-state index in [0.717, 1.165) is 18.8 Å². The van der Waals surface area contributed by atoms with Gasteiger partial charge in [-0.05, 0) is 99.7 Å². The van der Waals surface area contributed by atoms with E-state index in [1.165, 1.54) is 48.8 Å². The molecule has 0 nitrogen and oxygen atoms in total. The van der Waals surface area contributed by atoms with Crippen LogP contribution in [0.5, 0.6) is 0 Å². The van der Waals surface area contributed by atoms with Crippen LogP contribution in [0.15, 0.2) is 18.2 Å². The first-order valence-corrected chi connectivity index (χ1v) is 10.4. The molecule has 142 valence electrons. The van der Waals surface area contributed by atoms with Gasteiger partial charge in [0.2, 0.25) is 0 Å². The number of hydrogen-bond acceptors (Lipinski definition) is 0. The zero-order valence-corrected chi connectivity index (χ0v) is 17.4. The van der Waals surface area contributed by atoms with Crippen LogP contribution >= 0.6 is 0 Å². The molecule has 0 heterocycles. The van der Waals surface area contributed by atoms with Gasteiger partial charge in [0, 0.05) is 0 Å². The third kappa shape index (κ3) is 5.56. The molecule has 25 heavy (non-hydrogen) atoms. The van der Waals surface area contributed by atoms with E-state index in [1.807, 2.05) is 0 Å². The normalized spacial score (nSPS) is 25.8. The fraction of sp³-hybridized carbons (Fsp3) is 0.750. The van der Waals surface area contributed by atoms with E-state index in [9.17, 15) is 4.39 Å². The second kappa shape index (κ2) is 8.23. The molecule has 0 amide bonds. The van der Waals surface area contributed by atoms with Gasteiger partial charge in [0.05, 0.1) is 0 Å². The Kier molecular flexibility index (Phi) is 6.74. The maximum absolute atomic E-state index is 13.7. The van der Waals surface area contributed by atoms with Crippen LogP contribution in [0, 0.1) is 18.3 Å². The van der Waals surface area contributed by atoms with Crippen LogP contribution in [0.1, 0.15) is 102 Å². The molecule has 1 aliphatic rings. The minimum Gasteiger partial charge on any atom is -0.245 e. The monoisotopic (exact) mass is 346 g/mol. The lowest BCUT2D eigenvalue weighted by Crippen LogP contribution is -2.30. The molecule has 1 atom stereocenters. The summed E-state index contributed by atoms with van der Waals surface area (Å²) in [5, 5.41) is 0. The van der Waals surface area contributed by atoms with Gasteiger partial charge in [-0.2, -0.15) is 0 Å². The Labute approximate surface area is 155 Å². The Balaban J connectivity index is 2.08. The van der Waals surface area contributed by atoms with Crippen LogP contribution in [0.4, 0.5) is 4.39 Å². The van der Waals surface area contributed by atoms with E-state index in [0.29, 0.717) is 17.8 Å². The van der Waals surface area contributed by atoms with Crippen molar-refractivity contribution >= 4 is 0 Å². The molecule has 0 bridgehead atoms.